The van der Waals surface area contributed by atoms with Crippen LogP contribution in [0.15, 0.2) is 30.3 Å². The Hall–Kier alpha value is -2.47. The Morgan fingerprint density at radius 2 is 1.78 bits per heavy atom. The molecule has 1 atom stereocenters. The van der Waals surface area contributed by atoms with E-state index in [1.54, 1.807) is 0 Å². The van der Waals surface area contributed by atoms with Crippen LogP contribution in [0.5, 0.6) is 0 Å². The number of carbonyl (C=O) groups excluding carboxylic acids is 2. The summed E-state index contributed by atoms with van der Waals surface area (Å²) >= 11 is 5.74. The SMILES string of the molecule is O=C(Nc1ccc(F)c(Cl)c1)c1ccc(F)c2c1CCC2NC(=O)C1CC1. The Morgan fingerprint density at radius 1 is 1.04 bits per heavy atom. The lowest BCUT2D eigenvalue weighted by Gasteiger charge is -2.16. The second-order valence-electron chi connectivity index (χ2n) is 6.94. The van der Waals surface area contributed by atoms with Gasteiger partial charge in [0.1, 0.15) is 11.6 Å². The van der Waals surface area contributed by atoms with Gasteiger partial charge in [-0.1, -0.05) is 11.6 Å². The molecule has 4 rings (SSSR count). The molecule has 2 amide bonds. The fraction of sp³-hybridized carbons (Fsp3) is 0.300. The van der Waals surface area contributed by atoms with Gasteiger partial charge in [0.2, 0.25) is 5.91 Å². The van der Waals surface area contributed by atoms with Crippen molar-refractivity contribution in [3.8, 4) is 0 Å². The molecular weight excluding hydrogens is 374 g/mol. The first kappa shape index (κ1) is 17.9. The number of hydrogen-bond acceptors (Lipinski definition) is 2. The highest BCUT2D eigenvalue weighted by Crippen LogP contribution is 2.37. The summed E-state index contributed by atoms with van der Waals surface area (Å²) in [6.07, 6.45) is 2.79. The summed E-state index contributed by atoms with van der Waals surface area (Å²) in [6, 6.07) is 6.14. The van der Waals surface area contributed by atoms with E-state index < -0.39 is 23.6 Å². The standard InChI is InChI=1S/C20H17ClF2N2O2/c21-14-9-11(3-6-15(14)22)24-20(27)13-4-7-16(23)18-12(13)5-8-17(18)25-19(26)10-1-2-10/h3-4,6-7,9-10,17H,1-2,5,8H2,(H,24,27)(H,25,26). The van der Waals surface area contributed by atoms with Gasteiger partial charge < -0.3 is 10.6 Å². The quantitative estimate of drug-likeness (QED) is 0.813. The number of nitrogens with one attached hydrogen (secondary N) is 2. The second kappa shape index (κ2) is 6.93. The van der Waals surface area contributed by atoms with Gasteiger partial charge in [0, 0.05) is 22.7 Å². The van der Waals surface area contributed by atoms with Crippen LogP contribution in [-0.2, 0) is 11.2 Å². The first-order chi connectivity index (χ1) is 12.9. The first-order valence-corrected chi connectivity index (χ1v) is 9.20. The van der Waals surface area contributed by atoms with Gasteiger partial charge in [-0.25, -0.2) is 8.78 Å². The largest absolute Gasteiger partial charge is 0.349 e. The minimum absolute atomic E-state index is 0.0341. The summed E-state index contributed by atoms with van der Waals surface area (Å²) < 4.78 is 27.7. The molecule has 2 aliphatic carbocycles. The molecule has 0 aromatic heterocycles. The molecule has 1 fully saturated rings. The highest BCUT2D eigenvalue weighted by molar-refractivity contribution is 6.31. The summed E-state index contributed by atoms with van der Waals surface area (Å²) in [5.41, 5.74) is 1.67. The molecule has 4 nitrogen and oxygen atoms in total. The zero-order chi connectivity index (χ0) is 19.1. The molecule has 2 aromatic rings. The molecule has 1 saturated carbocycles. The van der Waals surface area contributed by atoms with Crippen molar-refractivity contribution in [1.29, 1.82) is 0 Å². The zero-order valence-electron chi connectivity index (χ0n) is 14.3. The van der Waals surface area contributed by atoms with Crippen LogP contribution >= 0.6 is 11.6 Å². The lowest BCUT2D eigenvalue weighted by molar-refractivity contribution is -0.123. The molecule has 2 aliphatic rings. The van der Waals surface area contributed by atoms with Gasteiger partial charge in [-0.05, 0) is 61.6 Å². The molecule has 0 bridgehead atoms. The number of amides is 2. The minimum Gasteiger partial charge on any atom is -0.349 e. The van der Waals surface area contributed by atoms with Gasteiger partial charge in [0.05, 0.1) is 11.1 Å². The predicted octanol–water partition coefficient (Wildman–Crippen LogP) is 4.38. The Bertz CT molecular complexity index is 944. The topological polar surface area (TPSA) is 58.2 Å². The molecule has 140 valence electrons. The summed E-state index contributed by atoms with van der Waals surface area (Å²) in [5, 5.41) is 5.46. The van der Waals surface area contributed by atoms with Crippen LogP contribution in [-0.4, -0.2) is 11.8 Å². The van der Waals surface area contributed by atoms with Crippen LogP contribution < -0.4 is 10.6 Å². The molecular formula is C20H17ClF2N2O2. The molecule has 1 unspecified atom stereocenters. The Kier molecular flexibility index (Phi) is 4.60. The van der Waals surface area contributed by atoms with Crippen molar-refractivity contribution in [3.05, 3.63) is 63.7 Å². The third-order valence-corrected chi connectivity index (χ3v) is 5.31. The summed E-state index contributed by atoms with van der Waals surface area (Å²) in [7, 11) is 0. The highest BCUT2D eigenvalue weighted by atomic mass is 35.5. The van der Waals surface area contributed by atoms with Crippen molar-refractivity contribution in [2.45, 2.75) is 31.7 Å². The molecule has 0 radical (unpaired) electrons. The Morgan fingerprint density at radius 3 is 2.48 bits per heavy atom. The predicted molar refractivity (Wildman–Crippen MR) is 97.7 cm³/mol. The lowest BCUT2D eigenvalue weighted by atomic mass is 10.0. The lowest BCUT2D eigenvalue weighted by Crippen LogP contribution is -2.29. The summed E-state index contributed by atoms with van der Waals surface area (Å²) in [6.45, 7) is 0. The zero-order valence-corrected chi connectivity index (χ0v) is 15.1. The van der Waals surface area contributed by atoms with Crippen molar-refractivity contribution < 1.29 is 18.4 Å². The van der Waals surface area contributed by atoms with E-state index in [-0.39, 0.29) is 16.8 Å². The van der Waals surface area contributed by atoms with E-state index in [0.717, 1.165) is 18.9 Å². The highest BCUT2D eigenvalue weighted by Gasteiger charge is 2.35. The van der Waals surface area contributed by atoms with E-state index in [4.69, 9.17) is 11.6 Å². The number of rotatable bonds is 4. The van der Waals surface area contributed by atoms with Gasteiger partial charge in [-0.15, -0.1) is 0 Å². The number of benzene rings is 2. The fourth-order valence-electron chi connectivity index (χ4n) is 3.48. The number of anilines is 1. The van der Waals surface area contributed by atoms with Crippen LogP contribution in [0.4, 0.5) is 14.5 Å². The van der Waals surface area contributed by atoms with E-state index in [1.165, 1.54) is 24.3 Å². The molecule has 0 spiro atoms. The summed E-state index contributed by atoms with van der Waals surface area (Å²) in [4.78, 5) is 24.7. The maximum absolute atomic E-state index is 14.4. The van der Waals surface area contributed by atoms with Crippen LogP contribution in [0.1, 0.15) is 46.8 Å². The maximum atomic E-state index is 14.4. The second-order valence-corrected chi connectivity index (χ2v) is 7.35. The average molecular weight is 391 g/mol. The van der Waals surface area contributed by atoms with E-state index >= 15 is 0 Å². The maximum Gasteiger partial charge on any atom is 0.255 e. The summed E-state index contributed by atoms with van der Waals surface area (Å²) in [5.74, 6) is -1.45. The van der Waals surface area contributed by atoms with E-state index in [0.29, 0.717) is 35.2 Å². The average Bonchev–Trinajstić information content (AvgIpc) is 3.40. The molecule has 0 saturated heterocycles. The number of hydrogen-bond donors (Lipinski definition) is 2. The Labute approximate surface area is 159 Å². The van der Waals surface area contributed by atoms with Crippen molar-refractivity contribution in [2.75, 3.05) is 5.32 Å². The molecule has 0 heterocycles. The third kappa shape index (κ3) is 3.54. The van der Waals surface area contributed by atoms with Gasteiger partial charge in [0.15, 0.2) is 0 Å². The van der Waals surface area contributed by atoms with Gasteiger partial charge >= 0.3 is 0 Å². The third-order valence-electron chi connectivity index (χ3n) is 5.02. The van der Waals surface area contributed by atoms with E-state index in [9.17, 15) is 18.4 Å². The number of fused-ring (bicyclic) bond motifs is 1. The smallest absolute Gasteiger partial charge is 0.255 e. The minimum atomic E-state index is -0.577. The molecule has 0 aliphatic heterocycles. The molecule has 2 aromatic carbocycles. The van der Waals surface area contributed by atoms with Gasteiger partial charge in [-0.2, -0.15) is 0 Å². The number of halogens is 3. The molecule has 7 heteroatoms. The van der Waals surface area contributed by atoms with Crippen molar-refractivity contribution in [3.63, 3.8) is 0 Å². The van der Waals surface area contributed by atoms with Crippen LogP contribution in [0.3, 0.4) is 0 Å². The van der Waals surface area contributed by atoms with Crippen molar-refractivity contribution >= 4 is 29.1 Å². The van der Waals surface area contributed by atoms with Gasteiger partial charge in [-0.3, -0.25) is 9.59 Å². The van der Waals surface area contributed by atoms with Crippen LogP contribution in [0, 0.1) is 17.6 Å². The van der Waals surface area contributed by atoms with E-state index in [1.807, 2.05) is 0 Å². The van der Waals surface area contributed by atoms with Crippen LogP contribution in [0.25, 0.3) is 0 Å². The first-order valence-electron chi connectivity index (χ1n) is 8.82. The monoisotopic (exact) mass is 390 g/mol. The molecule has 27 heavy (non-hydrogen) atoms. The molecule has 2 N–H and O–H groups in total. The Balaban J connectivity index is 1.58. The van der Waals surface area contributed by atoms with Crippen molar-refractivity contribution in [1.82, 2.24) is 5.32 Å². The van der Waals surface area contributed by atoms with E-state index in [2.05, 4.69) is 10.6 Å². The van der Waals surface area contributed by atoms with Crippen molar-refractivity contribution in [2.24, 2.45) is 5.92 Å². The number of carbonyl (C=O) groups is 2. The van der Waals surface area contributed by atoms with Gasteiger partial charge in [0.25, 0.3) is 5.91 Å². The van der Waals surface area contributed by atoms with Crippen LogP contribution in [0.2, 0.25) is 5.02 Å². The normalized spacial score (nSPS) is 18.1. The fourth-order valence-corrected chi connectivity index (χ4v) is 3.66.